The van der Waals surface area contributed by atoms with Crippen molar-refractivity contribution in [1.29, 1.82) is 0 Å². The smallest absolute Gasteiger partial charge is 0.140 e. The normalized spacial score (nSPS) is 19.5. The fourth-order valence-corrected chi connectivity index (χ4v) is 10.3. The van der Waals surface area contributed by atoms with Crippen molar-refractivity contribution in [3.8, 4) is 27.9 Å². The Morgan fingerprint density at radius 2 is 1.11 bits per heavy atom. The molecule has 2 unspecified atom stereocenters. The van der Waals surface area contributed by atoms with Gasteiger partial charge in [0.2, 0.25) is 0 Å². The number of hydrogen-bond donors (Lipinski definition) is 0. The lowest BCUT2D eigenvalue weighted by Crippen LogP contribution is -2.54. The van der Waals surface area contributed by atoms with E-state index in [0.29, 0.717) is 0 Å². The monoisotopic (exact) mass is 696 g/mol. The molecule has 2 aliphatic rings. The molecule has 4 nitrogen and oxygen atoms in total. The molecule has 9 aromatic rings. The van der Waals surface area contributed by atoms with Gasteiger partial charge in [0.15, 0.2) is 0 Å². The predicted molar refractivity (Wildman–Crippen MR) is 225 cm³/mol. The lowest BCUT2D eigenvalue weighted by atomic mass is 9.62. The summed E-state index contributed by atoms with van der Waals surface area (Å²) in [5, 5.41) is 7.45. The molecule has 1 aliphatic carbocycles. The van der Waals surface area contributed by atoms with Crippen molar-refractivity contribution in [2.45, 2.75) is 50.5 Å². The number of hydrogen-bond acceptors (Lipinski definition) is 3. The summed E-state index contributed by atoms with van der Waals surface area (Å²) in [6.45, 7) is 4.90. The van der Waals surface area contributed by atoms with Crippen LogP contribution in [0, 0.1) is 0 Å². The third-order valence-corrected chi connectivity index (χ3v) is 13.1. The molecule has 7 aromatic carbocycles. The first kappa shape index (κ1) is 31.3. The molecular weight excluding hydrogens is 657 g/mol. The van der Waals surface area contributed by atoms with Crippen LogP contribution in [0.4, 0.5) is 11.5 Å². The highest BCUT2D eigenvalue weighted by molar-refractivity contribution is 6.13. The molecule has 1 aliphatic heterocycles. The maximum absolute atomic E-state index is 4.98. The van der Waals surface area contributed by atoms with E-state index in [4.69, 9.17) is 4.98 Å². The number of aromatic nitrogens is 3. The van der Waals surface area contributed by atoms with Crippen LogP contribution in [0.5, 0.6) is 0 Å². The van der Waals surface area contributed by atoms with Crippen LogP contribution >= 0.6 is 0 Å². The van der Waals surface area contributed by atoms with E-state index in [9.17, 15) is 0 Å². The van der Waals surface area contributed by atoms with Gasteiger partial charge < -0.3 is 9.47 Å². The summed E-state index contributed by atoms with van der Waals surface area (Å²) in [6.07, 6.45) is 8.51. The summed E-state index contributed by atoms with van der Waals surface area (Å²) < 4.78 is 2.54. The van der Waals surface area contributed by atoms with Crippen LogP contribution in [0.25, 0.3) is 71.3 Å². The van der Waals surface area contributed by atoms with Gasteiger partial charge in [0.1, 0.15) is 12.1 Å². The molecule has 0 saturated heterocycles. The summed E-state index contributed by atoms with van der Waals surface area (Å²) >= 11 is 0. The van der Waals surface area contributed by atoms with Gasteiger partial charge in [-0.3, -0.25) is 0 Å². The molecular formula is C50H40N4. The Balaban J connectivity index is 1.23. The zero-order valence-electron chi connectivity index (χ0n) is 30.6. The Bertz CT molecular complexity index is 2850. The van der Waals surface area contributed by atoms with Gasteiger partial charge in [-0.1, -0.05) is 141 Å². The van der Waals surface area contributed by atoms with Crippen LogP contribution in [0.2, 0.25) is 0 Å². The SMILES string of the molecule is CC12CCCCC1(C)N(c1ccc3c(c1)c1ccccc1n3-c1c(-c3cccc4ccccc34)cccc1-c1cccc3ccccc13)c1ncncc12. The number of anilines is 2. The van der Waals surface area contributed by atoms with Gasteiger partial charge in [-0.15, -0.1) is 0 Å². The van der Waals surface area contributed by atoms with Crippen LogP contribution < -0.4 is 4.90 Å². The second-order valence-corrected chi connectivity index (χ2v) is 15.7. The van der Waals surface area contributed by atoms with Gasteiger partial charge in [-0.25, -0.2) is 9.97 Å². The quantitative estimate of drug-likeness (QED) is 0.184. The van der Waals surface area contributed by atoms with E-state index in [-0.39, 0.29) is 11.0 Å². The molecule has 11 rings (SSSR count). The average Bonchev–Trinajstić information content (AvgIpc) is 3.65. The molecule has 0 bridgehead atoms. The fourth-order valence-electron chi connectivity index (χ4n) is 10.3. The Labute approximate surface area is 315 Å². The van der Waals surface area contributed by atoms with Crippen LogP contribution in [-0.4, -0.2) is 20.1 Å². The highest BCUT2D eigenvalue weighted by Crippen LogP contribution is 2.60. The summed E-state index contributed by atoms with van der Waals surface area (Å²) in [5.41, 5.74) is 10.8. The molecule has 1 saturated carbocycles. The number of nitrogens with zero attached hydrogens (tertiary/aromatic N) is 4. The molecule has 0 amide bonds. The molecule has 260 valence electrons. The van der Waals surface area contributed by atoms with Gasteiger partial charge in [-0.05, 0) is 76.7 Å². The van der Waals surface area contributed by atoms with Gasteiger partial charge in [0.05, 0.1) is 22.3 Å². The van der Waals surface area contributed by atoms with E-state index in [0.717, 1.165) is 18.7 Å². The van der Waals surface area contributed by atoms with Crippen LogP contribution in [-0.2, 0) is 5.41 Å². The number of fused-ring (bicyclic) bond motifs is 8. The average molecular weight is 697 g/mol. The maximum Gasteiger partial charge on any atom is 0.140 e. The van der Waals surface area contributed by atoms with Crippen LogP contribution in [0.15, 0.2) is 158 Å². The minimum atomic E-state index is -0.0990. The lowest BCUT2D eigenvalue weighted by Gasteiger charge is -2.49. The van der Waals surface area contributed by atoms with Crippen molar-refractivity contribution in [2.75, 3.05) is 4.90 Å². The lowest BCUT2D eigenvalue weighted by molar-refractivity contribution is 0.194. The van der Waals surface area contributed by atoms with Crippen molar-refractivity contribution in [2.24, 2.45) is 0 Å². The largest absolute Gasteiger partial charge is 0.319 e. The molecule has 1 fully saturated rings. The zero-order valence-corrected chi connectivity index (χ0v) is 30.6. The summed E-state index contributed by atoms with van der Waals surface area (Å²) in [7, 11) is 0. The molecule has 3 heterocycles. The van der Waals surface area contributed by atoms with Crippen molar-refractivity contribution in [3.05, 3.63) is 164 Å². The molecule has 54 heavy (non-hydrogen) atoms. The third kappa shape index (κ3) is 4.25. The molecule has 2 aromatic heterocycles. The van der Waals surface area contributed by atoms with Crippen molar-refractivity contribution in [3.63, 3.8) is 0 Å². The maximum atomic E-state index is 4.98. The van der Waals surface area contributed by atoms with Gasteiger partial charge >= 0.3 is 0 Å². The second-order valence-electron chi connectivity index (χ2n) is 15.7. The van der Waals surface area contributed by atoms with Crippen molar-refractivity contribution >= 4 is 54.9 Å². The van der Waals surface area contributed by atoms with E-state index in [1.807, 2.05) is 0 Å². The second kappa shape index (κ2) is 11.6. The van der Waals surface area contributed by atoms with E-state index in [1.165, 1.54) is 95.4 Å². The predicted octanol–water partition coefficient (Wildman–Crippen LogP) is 13.0. The van der Waals surface area contributed by atoms with E-state index in [2.05, 4.69) is 180 Å². The molecule has 0 N–H and O–H groups in total. The number of benzene rings is 7. The summed E-state index contributed by atoms with van der Waals surface area (Å²) in [6, 6.07) is 53.9. The Morgan fingerprint density at radius 1 is 0.537 bits per heavy atom. The third-order valence-electron chi connectivity index (χ3n) is 13.1. The minimum Gasteiger partial charge on any atom is -0.319 e. The first-order valence-electron chi connectivity index (χ1n) is 19.3. The van der Waals surface area contributed by atoms with Crippen LogP contribution in [0.1, 0.15) is 45.1 Å². The first-order chi connectivity index (χ1) is 26.5. The molecule has 0 spiro atoms. The fraction of sp³-hybridized carbons (Fsp3) is 0.160. The highest BCUT2D eigenvalue weighted by Gasteiger charge is 2.58. The summed E-state index contributed by atoms with van der Waals surface area (Å²) in [5.74, 6) is 1.06. The van der Waals surface area contributed by atoms with E-state index >= 15 is 0 Å². The minimum absolute atomic E-state index is 0.0183. The van der Waals surface area contributed by atoms with E-state index < -0.39 is 0 Å². The Morgan fingerprint density at radius 3 is 1.83 bits per heavy atom. The van der Waals surface area contributed by atoms with Gasteiger partial charge in [0, 0.05) is 44.8 Å². The number of rotatable bonds is 4. The topological polar surface area (TPSA) is 34.0 Å². The number of para-hydroxylation sites is 2. The van der Waals surface area contributed by atoms with Gasteiger partial charge in [0.25, 0.3) is 0 Å². The summed E-state index contributed by atoms with van der Waals surface area (Å²) in [4.78, 5) is 12.1. The van der Waals surface area contributed by atoms with Gasteiger partial charge in [-0.2, -0.15) is 0 Å². The van der Waals surface area contributed by atoms with Crippen molar-refractivity contribution in [1.82, 2.24) is 14.5 Å². The van der Waals surface area contributed by atoms with Crippen molar-refractivity contribution < 1.29 is 0 Å². The molecule has 4 heteroatoms. The van der Waals surface area contributed by atoms with Crippen LogP contribution in [0.3, 0.4) is 0 Å². The van der Waals surface area contributed by atoms with E-state index in [1.54, 1.807) is 6.33 Å². The Kier molecular flexibility index (Phi) is 6.73. The first-order valence-corrected chi connectivity index (χ1v) is 19.3. The molecule has 2 atom stereocenters. The molecule has 0 radical (unpaired) electrons. The highest BCUT2D eigenvalue weighted by atomic mass is 15.3. The standard InChI is InChI=1S/C50H40N4/c1-49-28-9-10-29-50(49,2)54(48-44(49)31-51-32-52-48)35-26-27-46-43(30-35)40-20-7-8-25-45(40)53(46)47-41(38-21-11-16-33-14-3-5-18-36(33)38)23-13-24-42(47)39-22-12-17-34-15-4-6-19-37(34)39/h3-8,11-27,30-32H,9-10,28-29H2,1-2H3. The Hall–Kier alpha value is -6.26. The zero-order chi connectivity index (χ0) is 36.0.